The Bertz CT molecular complexity index is 791. The maximum Gasteiger partial charge on any atom is 0.0838 e. The van der Waals surface area contributed by atoms with Crippen LogP contribution in [0.4, 0.5) is 0 Å². The molecule has 0 fully saturated rings. The summed E-state index contributed by atoms with van der Waals surface area (Å²) in [4.78, 5) is 1.18. The lowest BCUT2D eigenvalue weighted by atomic mass is 10.1. The molecular formula is C18H19ClN2S. The van der Waals surface area contributed by atoms with Crippen molar-refractivity contribution in [3.8, 4) is 0 Å². The monoisotopic (exact) mass is 330 g/mol. The number of rotatable bonds is 4. The third-order valence-electron chi connectivity index (χ3n) is 3.71. The van der Waals surface area contributed by atoms with E-state index < -0.39 is 0 Å². The Morgan fingerprint density at radius 1 is 1.14 bits per heavy atom. The van der Waals surface area contributed by atoms with Crippen LogP contribution < -0.4 is 5.73 Å². The van der Waals surface area contributed by atoms with Crippen LogP contribution in [0, 0.1) is 0 Å². The summed E-state index contributed by atoms with van der Waals surface area (Å²) in [7, 11) is 2.12. The average molecular weight is 331 g/mol. The predicted molar refractivity (Wildman–Crippen MR) is 95.8 cm³/mol. The summed E-state index contributed by atoms with van der Waals surface area (Å²) in [6.07, 6.45) is 0.872. The molecule has 3 rings (SSSR count). The number of hydrogen-bond acceptors (Lipinski definition) is 2. The molecular weight excluding hydrogens is 312 g/mol. The zero-order valence-corrected chi connectivity index (χ0v) is 14.3. The molecule has 0 aliphatic carbocycles. The second-order valence-electron chi connectivity index (χ2n) is 5.60. The van der Waals surface area contributed by atoms with Crippen LogP contribution in [0.25, 0.3) is 10.9 Å². The Kier molecular flexibility index (Phi) is 4.48. The van der Waals surface area contributed by atoms with E-state index in [1.165, 1.54) is 26.4 Å². The van der Waals surface area contributed by atoms with Crippen molar-refractivity contribution in [3.05, 3.63) is 59.1 Å². The first-order chi connectivity index (χ1) is 10.6. The largest absolute Gasteiger partial charge is 0.338 e. The van der Waals surface area contributed by atoms with Gasteiger partial charge in [-0.3, -0.25) is 0 Å². The van der Waals surface area contributed by atoms with E-state index in [-0.39, 0.29) is 6.04 Å². The van der Waals surface area contributed by atoms with Gasteiger partial charge in [0.15, 0.2) is 0 Å². The maximum atomic E-state index is 6.07. The van der Waals surface area contributed by atoms with E-state index in [2.05, 4.69) is 54.9 Å². The first-order valence-electron chi connectivity index (χ1n) is 7.31. The van der Waals surface area contributed by atoms with Gasteiger partial charge in [-0.1, -0.05) is 41.6 Å². The number of aryl methyl sites for hydroxylation is 1. The number of halogens is 1. The Hall–Kier alpha value is -1.42. The van der Waals surface area contributed by atoms with Crippen molar-refractivity contribution >= 4 is 34.3 Å². The van der Waals surface area contributed by atoms with Crippen molar-refractivity contribution in [2.24, 2.45) is 12.8 Å². The zero-order valence-electron chi connectivity index (χ0n) is 12.7. The lowest BCUT2D eigenvalue weighted by molar-refractivity contribution is 0.718. The minimum Gasteiger partial charge on any atom is -0.338 e. The number of nitrogens with zero attached hydrogens (tertiary/aromatic N) is 1. The summed E-state index contributed by atoms with van der Waals surface area (Å²) in [5.74, 6) is 0. The molecule has 3 aromatic rings. The van der Waals surface area contributed by atoms with Crippen LogP contribution >= 0.6 is 23.4 Å². The van der Waals surface area contributed by atoms with Gasteiger partial charge in [0.2, 0.25) is 0 Å². The molecule has 0 saturated heterocycles. The second kappa shape index (κ2) is 6.37. The fourth-order valence-electron chi connectivity index (χ4n) is 2.71. The van der Waals surface area contributed by atoms with Crippen LogP contribution in [0.1, 0.15) is 12.5 Å². The second-order valence-corrected chi connectivity index (χ2v) is 7.10. The summed E-state index contributed by atoms with van der Waals surface area (Å²) in [6, 6.07) is 16.6. The Morgan fingerprint density at radius 2 is 1.82 bits per heavy atom. The molecule has 2 N–H and O–H groups in total. The van der Waals surface area contributed by atoms with E-state index >= 15 is 0 Å². The van der Waals surface area contributed by atoms with Crippen molar-refractivity contribution in [1.29, 1.82) is 0 Å². The standard InChI is InChI=1S/C18H19ClN2S/c1-12(20)11-16-15-5-3-4-6-17(15)21(2)18(16)22-14-9-7-13(19)8-10-14/h3-10,12H,11,20H2,1-2H3. The van der Waals surface area contributed by atoms with Crippen molar-refractivity contribution in [1.82, 2.24) is 4.57 Å². The predicted octanol–water partition coefficient (Wildman–Crippen LogP) is 4.87. The molecule has 1 aromatic heterocycles. The maximum absolute atomic E-state index is 6.07. The third kappa shape index (κ3) is 3.02. The van der Waals surface area contributed by atoms with E-state index in [1.54, 1.807) is 11.8 Å². The number of benzene rings is 2. The molecule has 0 radical (unpaired) electrons. The fraction of sp³-hybridized carbons (Fsp3) is 0.222. The molecule has 0 aliphatic rings. The normalized spacial score (nSPS) is 12.7. The van der Waals surface area contributed by atoms with Crippen LogP contribution in [0.3, 0.4) is 0 Å². The molecule has 0 aliphatic heterocycles. The highest BCUT2D eigenvalue weighted by atomic mass is 35.5. The van der Waals surface area contributed by atoms with Gasteiger partial charge in [0, 0.05) is 33.9 Å². The van der Waals surface area contributed by atoms with E-state index in [1.807, 2.05) is 12.1 Å². The summed E-state index contributed by atoms with van der Waals surface area (Å²) in [5.41, 5.74) is 8.64. The van der Waals surface area contributed by atoms with Gasteiger partial charge in [0.25, 0.3) is 0 Å². The van der Waals surface area contributed by atoms with Crippen LogP contribution in [0.2, 0.25) is 5.02 Å². The quantitative estimate of drug-likeness (QED) is 0.739. The van der Waals surface area contributed by atoms with Gasteiger partial charge in [-0.15, -0.1) is 0 Å². The lowest BCUT2D eigenvalue weighted by Gasteiger charge is -2.10. The summed E-state index contributed by atoms with van der Waals surface area (Å²) < 4.78 is 2.26. The molecule has 1 atom stereocenters. The zero-order chi connectivity index (χ0) is 15.7. The molecule has 1 heterocycles. The molecule has 0 amide bonds. The Balaban J connectivity index is 2.10. The first-order valence-corrected chi connectivity index (χ1v) is 8.51. The SMILES string of the molecule is CC(N)Cc1c(Sc2ccc(Cl)cc2)n(C)c2ccccc12. The highest BCUT2D eigenvalue weighted by Crippen LogP contribution is 2.37. The molecule has 22 heavy (non-hydrogen) atoms. The van der Waals surface area contributed by atoms with E-state index in [4.69, 9.17) is 17.3 Å². The number of fused-ring (bicyclic) bond motifs is 1. The molecule has 114 valence electrons. The molecule has 0 spiro atoms. The highest BCUT2D eigenvalue weighted by molar-refractivity contribution is 7.99. The highest BCUT2D eigenvalue weighted by Gasteiger charge is 2.16. The number of para-hydroxylation sites is 1. The Labute approximate surface area is 140 Å². The number of aromatic nitrogens is 1. The van der Waals surface area contributed by atoms with Gasteiger partial charge in [-0.25, -0.2) is 0 Å². The van der Waals surface area contributed by atoms with E-state index in [0.717, 1.165) is 11.4 Å². The molecule has 4 heteroatoms. The molecule has 2 aromatic carbocycles. The fourth-order valence-corrected chi connectivity index (χ4v) is 3.89. The van der Waals surface area contributed by atoms with Crippen LogP contribution in [-0.4, -0.2) is 10.6 Å². The topological polar surface area (TPSA) is 30.9 Å². The minimum atomic E-state index is 0.135. The van der Waals surface area contributed by atoms with Crippen molar-refractivity contribution < 1.29 is 0 Å². The van der Waals surface area contributed by atoms with Crippen molar-refractivity contribution in [3.63, 3.8) is 0 Å². The number of hydrogen-bond donors (Lipinski definition) is 1. The van der Waals surface area contributed by atoms with Gasteiger partial charge in [0.1, 0.15) is 0 Å². The summed E-state index contributed by atoms with van der Waals surface area (Å²) in [6.45, 7) is 2.05. The lowest BCUT2D eigenvalue weighted by Crippen LogP contribution is -2.18. The average Bonchev–Trinajstić information content (AvgIpc) is 2.75. The van der Waals surface area contributed by atoms with E-state index in [9.17, 15) is 0 Å². The van der Waals surface area contributed by atoms with Crippen molar-refractivity contribution in [2.45, 2.75) is 29.3 Å². The molecule has 0 bridgehead atoms. The van der Waals surface area contributed by atoms with Crippen LogP contribution in [0.15, 0.2) is 58.5 Å². The number of nitrogens with two attached hydrogens (primary N) is 1. The van der Waals surface area contributed by atoms with Gasteiger partial charge in [0.05, 0.1) is 5.03 Å². The van der Waals surface area contributed by atoms with Crippen LogP contribution in [0.5, 0.6) is 0 Å². The third-order valence-corrected chi connectivity index (χ3v) is 5.18. The van der Waals surface area contributed by atoms with Gasteiger partial charge < -0.3 is 10.3 Å². The first kappa shape index (κ1) is 15.5. The molecule has 2 nitrogen and oxygen atoms in total. The van der Waals surface area contributed by atoms with Gasteiger partial charge in [-0.05, 0) is 49.2 Å². The van der Waals surface area contributed by atoms with Crippen molar-refractivity contribution in [2.75, 3.05) is 0 Å². The summed E-state index contributed by atoms with van der Waals surface area (Å²) in [5, 5.41) is 3.30. The minimum absolute atomic E-state index is 0.135. The van der Waals surface area contributed by atoms with Gasteiger partial charge >= 0.3 is 0 Å². The molecule has 1 unspecified atom stereocenters. The van der Waals surface area contributed by atoms with Gasteiger partial charge in [-0.2, -0.15) is 0 Å². The smallest absolute Gasteiger partial charge is 0.0838 e. The Morgan fingerprint density at radius 3 is 2.50 bits per heavy atom. The van der Waals surface area contributed by atoms with E-state index in [0.29, 0.717) is 0 Å². The summed E-state index contributed by atoms with van der Waals surface area (Å²) >= 11 is 7.75. The molecule has 0 saturated carbocycles. The van der Waals surface area contributed by atoms with Crippen LogP contribution in [-0.2, 0) is 13.5 Å².